The van der Waals surface area contributed by atoms with Crippen LogP contribution >= 0.6 is 24.8 Å². The van der Waals surface area contributed by atoms with Gasteiger partial charge in [-0.05, 0) is 58.7 Å². The topological polar surface area (TPSA) is 62.2 Å². The Balaban J connectivity index is 0.00000169. The lowest BCUT2D eigenvalue weighted by molar-refractivity contribution is -0.132. The van der Waals surface area contributed by atoms with E-state index in [0.717, 1.165) is 32.5 Å². The summed E-state index contributed by atoms with van der Waals surface area (Å²) in [6.07, 6.45) is 9.10. The van der Waals surface area contributed by atoms with Crippen molar-refractivity contribution in [1.82, 2.24) is 25.3 Å². The van der Waals surface area contributed by atoms with Gasteiger partial charge in [-0.2, -0.15) is 5.10 Å². The fourth-order valence-electron chi connectivity index (χ4n) is 4.30. The molecule has 0 aromatic carbocycles. The molecule has 0 aliphatic carbocycles. The maximum Gasteiger partial charge on any atom is 0.248 e. The third-order valence-corrected chi connectivity index (χ3v) is 5.83. The number of nitrogens with one attached hydrogen (secondary N) is 2. The van der Waals surface area contributed by atoms with Crippen LogP contribution in [0.1, 0.15) is 46.0 Å². The van der Waals surface area contributed by atoms with Gasteiger partial charge in [-0.1, -0.05) is 6.42 Å². The molecule has 2 fully saturated rings. The molecule has 6 nitrogen and oxygen atoms in total. The first-order valence-electron chi connectivity index (χ1n) is 9.38. The predicted molar refractivity (Wildman–Crippen MR) is 109 cm³/mol. The van der Waals surface area contributed by atoms with E-state index in [-0.39, 0.29) is 30.7 Å². The Morgan fingerprint density at radius 2 is 1.88 bits per heavy atom. The van der Waals surface area contributed by atoms with Crippen molar-refractivity contribution in [3.05, 3.63) is 18.5 Å². The molecule has 2 aliphatic rings. The summed E-state index contributed by atoms with van der Waals surface area (Å²) in [5.74, 6) is 0.116. The number of nitrogens with zero attached hydrogens (tertiary/aromatic N) is 3. The number of hydrogen-bond donors (Lipinski definition) is 2. The van der Waals surface area contributed by atoms with Gasteiger partial charge in [0, 0.05) is 37.6 Å². The second-order valence-corrected chi connectivity index (χ2v) is 7.35. The van der Waals surface area contributed by atoms with Crippen LogP contribution in [0.4, 0.5) is 0 Å². The number of carbonyl (C=O) groups is 1. The minimum Gasteiger partial charge on any atom is -0.353 e. The Morgan fingerprint density at radius 1 is 1.23 bits per heavy atom. The molecule has 1 aromatic rings. The lowest BCUT2D eigenvalue weighted by atomic mass is 9.87. The van der Waals surface area contributed by atoms with Crippen molar-refractivity contribution in [1.29, 1.82) is 0 Å². The Labute approximate surface area is 169 Å². The summed E-state index contributed by atoms with van der Waals surface area (Å²) >= 11 is 0. The van der Waals surface area contributed by atoms with Crippen molar-refractivity contribution in [2.75, 3.05) is 26.2 Å². The molecular formula is C18H33Cl2N5O. The molecule has 1 amide bonds. The summed E-state index contributed by atoms with van der Waals surface area (Å²) in [7, 11) is 0. The Morgan fingerprint density at radius 3 is 2.46 bits per heavy atom. The van der Waals surface area contributed by atoms with E-state index < -0.39 is 5.54 Å². The Bertz CT molecular complexity index is 524. The first kappa shape index (κ1) is 23.2. The van der Waals surface area contributed by atoms with Crippen molar-refractivity contribution < 1.29 is 4.79 Å². The van der Waals surface area contributed by atoms with Crippen molar-refractivity contribution in [3.8, 4) is 0 Å². The molecule has 150 valence electrons. The number of aromatic nitrogens is 2. The summed E-state index contributed by atoms with van der Waals surface area (Å²) < 4.78 is 1.86. The van der Waals surface area contributed by atoms with Crippen LogP contribution in [0.25, 0.3) is 0 Å². The predicted octanol–water partition coefficient (Wildman–Crippen LogP) is 2.18. The average Bonchev–Trinajstić information content (AvgIpc) is 3.13. The zero-order chi connectivity index (χ0) is 17.0. The van der Waals surface area contributed by atoms with E-state index in [2.05, 4.69) is 34.5 Å². The van der Waals surface area contributed by atoms with Crippen molar-refractivity contribution in [3.63, 3.8) is 0 Å². The minimum absolute atomic E-state index is 0. The lowest BCUT2D eigenvalue weighted by Gasteiger charge is -2.40. The highest BCUT2D eigenvalue weighted by Crippen LogP contribution is 2.27. The van der Waals surface area contributed by atoms with Gasteiger partial charge in [-0.15, -0.1) is 24.8 Å². The molecule has 3 heterocycles. The normalized spacial score (nSPS) is 25.6. The minimum atomic E-state index is -0.534. The van der Waals surface area contributed by atoms with Crippen molar-refractivity contribution >= 4 is 30.7 Å². The molecule has 26 heavy (non-hydrogen) atoms. The Kier molecular flexibility index (Phi) is 9.38. The van der Waals surface area contributed by atoms with Gasteiger partial charge in [0.15, 0.2) is 0 Å². The fourth-order valence-corrected chi connectivity index (χ4v) is 4.30. The SMILES string of the molecule is CC1CCCC(C)N1CCNC(=O)C1(n2cccn2)CCNCC1.Cl.Cl. The number of likely N-dealkylation sites (tertiary alicyclic amines) is 1. The van der Waals surface area contributed by atoms with Crippen molar-refractivity contribution in [2.45, 2.75) is 63.6 Å². The number of carbonyl (C=O) groups excluding carboxylic acids is 1. The van der Waals surface area contributed by atoms with Gasteiger partial charge in [-0.3, -0.25) is 14.4 Å². The summed E-state index contributed by atoms with van der Waals surface area (Å²) in [5, 5.41) is 10.9. The van der Waals surface area contributed by atoms with E-state index in [1.54, 1.807) is 6.20 Å². The Hall–Kier alpha value is -0.820. The number of halogens is 2. The molecule has 2 unspecified atom stereocenters. The highest BCUT2D eigenvalue weighted by atomic mass is 35.5. The van der Waals surface area contributed by atoms with Gasteiger partial charge < -0.3 is 10.6 Å². The summed E-state index contributed by atoms with van der Waals surface area (Å²) in [6.45, 7) is 7.96. The monoisotopic (exact) mass is 405 g/mol. The van der Waals surface area contributed by atoms with E-state index in [0.29, 0.717) is 18.6 Å². The molecule has 0 bridgehead atoms. The number of amides is 1. The molecule has 3 rings (SSSR count). The molecule has 0 saturated carbocycles. The van der Waals surface area contributed by atoms with Crippen LogP contribution < -0.4 is 10.6 Å². The third-order valence-electron chi connectivity index (χ3n) is 5.83. The van der Waals surface area contributed by atoms with Crippen LogP contribution in [0.5, 0.6) is 0 Å². The maximum absolute atomic E-state index is 13.0. The molecule has 2 aliphatic heterocycles. The smallest absolute Gasteiger partial charge is 0.248 e. The summed E-state index contributed by atoms with van der Waals surface area (Å²) in [6, 6.07) is 3.13. The van der Waals surface area contributed by atoms with Gasteiger partial charge in [0.2, 0.25) is 5.91 Å². The number of rotatable bonds is 5. The molecular weight excluding hydrogens is 373 g/mol. The van der Waals surface area contributed by atoms with Crippen LogP contribution in [-0.4, -0.2) is 58.9 Å². The standard InChI is InChI=1S/C18H31N5O.2ClH/c1-15-5-3-6-16(2)22(15)14-12-20-17(24)18(7-10-19-11-8-18)23-13-4-9-21-23;;/h4,9,13,15-16,19H,3,5-8,10-12,14H2,1-2H3,(H,20,24);2*1H. The largest absolute Gasteiger partial charge is 0.353 e. The highest BCUT2D eigenvalue weighted by molar-refractivity contribution is 5.85. The van der Waals surface area contributed by atoms with Gasteiger partial charge in [0.1, 0.15) is 5.54 Å². The molecule has 0 spiro atoms. The first-order chi connectivity index (χ1) is 11.6. The summed E-state index contributed by atoms with van der Waals surface area (Å²) in [5.41, 5.74) is -0.534. The van der Waals surface area contributed by atoms with Gasteiger partial charge in [0.05, 0.1) is 0 Å². The quantitative estimate of drug-likeness (QED) is 0.787. The van der Waals surface area contributed by atoms with E-state index >= 15 is 0 Å². The van der Waals surface area contributed by atoms with Crippen LogP contribution in [0.15, 0.2) is 18.5 Å². The number of hydrogen-bond acceptors (Lipinski definition) is 4. The third kappa shape index (κ3) is 4.91. The molecule has 0 radical (unpaired) electrons. The van der Waals surface area contributed by atoms with E-state index in [1.807, 2.05) is 16.9 Å². The second-order valence-electron chi connectivity index (χ2n) is 7.35. The summed E-state index contributed by atoms with van der Waals surface area (Å²) in [4.78, 5) is 15.5. The molecule has 8 heteroatoms. The van der Waals surface area contributed by atoms with Crippen LogP contribution in [0, 0.1) is 0 Å². The highest BCUT2D eigenvalue weighted by Gasteiger charge is 2.41. The zero-order valence-corrected chi connectivity index (χ0v) is 17.5. The van der Waals surface area contributed by atoms with Crippen molar-refractivity contribution in [2.24, 2.45) is 0 Å². The maximum atomic E-state index is 13.0. The van der Waals surface area contributed by atoms with E-state index in [9.17, 15) is 4.79 Å². The fraction of sp³-hybridized carbons (Fsp3) is 0.778. The van der Waals surface area contributed by atoms with Gasteiger partial charge in [0.25, 0.3) is 0 Å². The van der Waals surface area contributed by atoms with Gasteiger partial charge >= 0.3 is 0 Å². The molecule has 2 saturated heterocycles. The van der Waals surface area contributed by atoms with E-state index in [4.69, 9.17) is 0 Å². The zero-order valence-electron chi connectivity index (χ0n) is 15.8. The van der Waals surface area contributed by atoms with E-state index in [1.165, 1.54) is 19.3 Å². The average molecular weight is 406 g/mol. The van der Waals surface area contributed by atoms with Crippen LogP contribution in [-0.2, 0) is 10.3 Å². The first-order valence-corrected chi connectivity index (χ1v) is 9.38. The lowest BCUT2D eigenvalue weighted by Crippen LogP contribution is -2.56. The van der Waals surface area contributed by atoms with Crippen LogP contribution in [0.2, 0.25) is 0 Å². The van der Waals surface area contributed by atoms with Crippen LogP contribution in [0.3, 0.4) is 0 Å². The van der Waals surface area contributed by atoms with Gasteiger partial charge in [-0.25, -0.2) is 0 Å². The second kappa shape index (κ2) is 10.5. The molecule has 2 N–H and O–H groups in total. The number of piperidine rings is 2. The molecule has 2 atom stereocenters. The molecule has 1 aromatic heterocycles.